The number of hydrogen-bond donors (Lipinski definition) is 1. The van der Waals surface area contributed by atoms with Gasteiger partial charge in [0.15, 0.2) is 0 Å². The number of nitrogens with one attached hydrogen (secondary N) is 1. The second-order valence-corrected chi connectivity index (χ2v) is 5.74. The zero-order valence-electron chi connectivity index (χ0n) is 11.2. The fourth-order valence-electron chi connectivity index (χ4n) is 2.37. The van der Waals surface area contributed by atoms with Crippen LogP contribution in [0.4, 0.5) is 0 Å². The summed E-state index contributed by atoms with van der Waals surface area (Å²) >= 11 is 0. The van der Waals surface area contributed by atoms with Crippen LogP contribution in [-0.4, -0.2) is 37.0 Å². The van der Waals surface area contributed by atoms with Crippen molar-refractivity contribution in [3.05, 3.63) is 0 Å². The number of hydrogen-bond acceptors (Lipinski definition) is 2. The van der Waals surface area contributed by atoms with E-state index in [2.05, 4.69) is 26.1 Å². The highest BCUT2D eigenvalue weighted by Crippen LogP contribution is 2.28. The van der Waals surface area contributed by atoms with Gasteiger partial charge in [-0.25, -0.2) is 0 Å². The number of carbonyl (C=O) groups is 1. The Hall–Kier alpha value is -0.570. The molecule has 16 heavy (non-hydrogen) atoms. The van der Waals surface area contributed by atoms with Crippen molar-refractivity contribution in [2.75, 3.05) is 26.2 Å². The first-order valence-corrected chi connectivity index (χ1v) is 6.46. The predicted octanol–water partition coefficient (Wildman–Crippen LogP) is 1.88. The molecule has 1 fully saturated rings. The largest absolute Gasteiger partial charge is 0.342 e. The number of piperidine rings is 1. The standard InChI is InChI=1S/C13H26N2O/c1-5-14-9-11(2)12(16)15-8-6-7-13(3,4)10-15/h11,14H,5-10H2,1-4H3. The number of amides is 1. The maximum absolute atomic E-state index is 12.2. The molecule has 1 rings (SSSR count). The lowest BCUT2D eigenvalue weighted by atomic mass is 9.84. The molecule has 0 bridgehead atoms. The van der Waals surface area contributed by atoms with Crippen LogP contribution in [0.2, 0.25) is 0 Å². The lowest BCUT2D eigenvalue weighted by Crippen LogP contribution is -2.47. The van der Waals surface area contributed by atoms with E-state index >= 15 is 0 Å². The number of rotatable bonds is 4. The van der Waals surface area contributed by atoms with Crippen LogP contribution in [0.25, 0.3) is 0 Å². The van der Waals surface area contributed by atoms with Gasteiger partial charge in [-0.15, -0.1) is 0 Å². The Kier molecular flexibility index (Phi) is 4.78. The van der Waals surface area contributed by atoms with Crippen LogP contribution in [0.5, 0.6) is 0 Å². The van der Waals surface area contributed by atoms with Gasteiger partial charge < -0.3 is 10.2 Å². The Bertz CT molecular complexity index is 238. The highest BCUT2D eigenvalue weighted by Gasteiger charge is 2.30. The number of carbonyl (C=O) groups excluding carboxylic acids is 1. The van der Waals surface area contributed by atoms with Crippen molar-refractivity contribution >= 4 is 5.91 Å². The summed E-state index contributed by atoms with van der Waals surface area (Å²) in [5, 5.41) is 3.24. The lowest BCUT2D eigenvalue weighted by Gasteiger charge is -2.39. The summed E-state index contributed by atoms with van der Waals surface area (Å²) in [5.74, 6) is 0.419. The Labute approximate surface area is 99.6 Å². The summed E-state index contributed by atoms with van der Waals surface area (Å²) in [4.78, 5) is 14.2. The summed E-state index contributed by atoms with van der Waals surface area (Å²) in [6.07, 6.45) is 2.38. The average Bonchev–Trinajstić information content (AvgIpc) is 2.23. The van der Waals surface area contributed by atoms with E-state index < -0.39 is 0 Å². The van der Waals surface area contributed by atoms with Gasteiger partial charge in [0.25, 0.3) is 0 Å². The molecule has 0 radical (unpaired) electrons. The molecule has 0 aliphatic carbocycles. The molecule has 0 aromatic heterocycles. The van der Waals surface area contributed by atoms with Crippen molar-refractivity contribution in [2.24, 2.45) is 11.3 Å². The topological polar surface area (TPSA) is 32.3 Å². The molecule has 1 saturated heterocycles. The van der Waals surface area contributed by atoms with Crippen molar-refractivity contribution in [1.82, 2.24) is 10.2 Å². The van der Waals surface area contributed by atoms with Crippen molar-refractivity contribution in [3.63, 3.8) is 0 Å². The Morgan fingerprint density at radius 1 is 1.50 bits per heavy atom. The van der Waals surface area contributed by atoms with Crippen LogP contribution >= 0.6 is 0 Å². The van der Waals surface area contributed by atoms with E-state index in [1.165, 1.54) is 6.42 Å². The predicted molar refractivity (Wildman–Crippen MR) is 67.3 cm³/mol. The van der Waals surface area contributed by atoms with Crippen LogP contribution in [0.3, 0.4) is 0 Å². The third-order valence-electron chi connectivity index (χ3n) is 3.33. The monoisotopic (exact) mass is 226 g/mol. The Morgan fingerprint density at radius 3 is 2.75 bits per heavy atom. The highest BCUT2D eigenvalue weighted by atomic mass is 16.2. The molecule has 1 N–H and O–H groups in total. The highest BCUT2D eigenvalue weighted by molar-refractivity contribution is 5.78. The van der Waals surface area contributed by atoms with Gasteiger partial charge in [-0.3, -0.25) is 4.79 Å². The molecule has 1 aliphatic heterocycles. The third-order valence-corrected chi connectivity index (χ3v) is 3.33. The quantitative estimate of drug-likeness (QED) is 0.794. The first kappa shape index (κ1) is 13.5. The van der Waals surface area contributed by atoms with Crippen LogP contribution in [0.1, 0.15) is 40.5 Å². The van der Waals surface area contributed by atoms with Gasteiger partial charge in [-0.1, -0.05) is 27.7 Å². The molecule has 1 atom stereocenters. The molecule has 0 aromatic rings. The summed E-state index contributed by atoms with van der Waals surface area (Å²) in [6, 6.07) is 0. The van der Waals surface area contributed by atoms with E-state index in [1.54, 1.807) is 0 Å². The maximum Gasteiger partial charge on any atom is 0.226 e. The third kappa shape index (κ3) is 3.78. The van der Waals surface area contributed by atoms with Gasteiger partial charge in [0, 0.05) is 25.6 Å². The Morgan fingerprint density at radius 2 is 2.19 bits per heavy atom. The van der Waals surface area contributed by atoms with E-state index in [1.807, 2.05) is 11.8 Å². The van der Waals surface area contributed by atoms with Gasteiger partial charge in [0.1, 0.15) is 0 Å². The lowest BCUT2D eigenvalue weighted by molar-refractivity contribution is -0.137. The summed E-state index contributed by atoms with van der Waals surface area (Å²) < 4.78 is 0. The molecule has 94 valence electrons. The molecule has 0 saturated carbocycles. The normalized spacial score (nSPS) is 21.9. The summed E-state index contributed by atoms with van der Waals surface area (Å²) in [7, 11) is 0. The van der Waals surface area contributed by atoms with Crippen LogP contribution < -0.4 is 5.32 Å². The van der Waals surface area contributed by atoms with Crippen molar-refractivity contribution in [3.8, 4) is 0 Å². The van der Waals surface area contributed by atoms with Gasteiger partial charge in [-0.05, 0) is 24.8 Å². The van der Waals surface area contributed by atoms with E-state index in [0.717, 1.165) is 32.6 Å². The first-order valence-electron chi connectivity index (χ1n) is 6.46. The molecule has 1 aliphatic rings. The minimum atomic E-state index is 0.105. The van der Waals surface area contributed by atoms with Crippen molar-refractivity contribution in [1.29, 1.82) is 0 Å². The van der Waals surface area contributed by atoms with Gasteiger partial charge >= 0.3 is 0 Å². The molecule has 3 nitrogen and oxygen atoms in total. The fourth-order valence-corrected chi connectivity index (χ4v) is 2.37. The zero-order chi connectivity index (χ0) is 12.2. The van der Waals surface area contributed by atoms with Gasteiger partial charge in [0.2, 0.25) is 5.91 Å². The molecule has 3 heteroatoms. The second-order valence-electron chi connectivity index (χ2n) is 5.74. The maximum atomic E-state index is 12.2. The number of likely N-dealkylation sites (tertiary alicyclic amines) is 1. The minimum absolute atomic E-state index is 0.105. The minimum Gasteiger partial charge on any atom is -0.342 e. The average molecular weight is 226 g/mol. The molecular formula is C13H26N2O. The summed E-state index contributed by atoms with van der Waals surface area (Å²) in [6.45, 7) is 12.2. The number of nitrogens with zero attached hydrogens (tertiary/aromatic N) is 1. The molecule has 1 heterocycles. The second kappa shape index (κ2) is 5.67. The van der Waals surface area contributed by atoms with E-state index in [4.69, 9.17) is 0 Å². The van der Waals surface area contributed by atoms with Gasteiger partial charge in [-0.2, -0.15) is 0 Å². The molecule has 0 spiro atoms. The Balaban J connectivity index is 2.46. The van der Waals surface area contributed by atoms with Crippen LogP contribution in [-0.2, 0) is 4.79 Å². The molecular weight excluding hydrogens is 200 g/mol. The van der Waals surface area contributed by atoms with Crippen molar-refractivity contribution in [2.45, 2.75) is 40.5 Å². The SMILES string of the molecule is CCNCC(C)C(=O)N1CCCC(C)(C)C1. The van der Waals surface area contributed by atoms with E-state index in [9.17, 15) is 4.79 Å². The zero-order valence-corrected chi connectivity index (χ0v) is 11.2. The van der Waals surface area contributed by atoms with E-state index in [-0.39, 0.29) is 5.92 Å². The van der Waals surface area contributed by atoms with Gasteiger partial charge in [0.05, 0.1) is 0 Å². The molecule has 1 unspecified atom stereocenters. The van der Waals surface area contributed by atoms with Crippen LogP contribution in [0, 0.1) is 11.3 Å². The molecule has 0 aromatic carbocycles. The molecule has 1 amide bonds. The van der Waals surface area contributed by atoms with Crippen LogP contribution in [0.15, 0.2) is 0 Å². The first-order chi connectivity index (χ1) is 7.46. The van der Waals surface area contributed by atoms with E-state index in [0.29, 0.717) is 11.3 Å². The smallest absolute Gasteiger partial charge is 0.226 e. The fraction of sp³-hybridized carbons (Fsp3) is 0.923. The van der Waals surface area contributed by atoms with Crippen molar-refractivity contribution < 1.29 is 4.79 Å². The summed E-state index contributed by atoms with van der Waals surface area (Å²) in [5.41, 5.74) is 0.297.